The zero-order valence-electron chi connectivity index (χ0n) is 14.0. The lowest BCUT2D eigenvalue weighted by Crippen LogP contribution is -2.36. The average molecular weight is 332 g/mol. The second-order valence-electron chi connectivity index (χ2n) is 6.01. The molecule has 0 bridgehead atoms. The molecule has 6 heteroatoms. The maximum atomic E-state index is 12.2. The molecule has 2 N–H and O–H groups in total. The summed E-state index contributed by atoms with van der Waals surface area (Å²) in [4.78, 5) is 34.9. The SMILES string of the molecule is COC(=O)CCC(=O)Nc1ccc(C(=O)NC2CCCCC2)cc1. The molecular weight excluding hydrogens is 308 g/mol. The third kappa shape index (κ3) is 5.68. The van der Waals surface area contributed by atoms with E-state index in [0.717, 1.165) is 12.8 Å². The van der Waals surface area contributed by atoms with Crippen molar-refractivity contribution >= 4 is 23.5 Å². The van der Waals surface area contributed by atoms with Gasteiger partial charge in [-0.1, -0.05) is 19.3 Å². The van der Waals surface area contributed by atoms with Crippen LogP contribution in [0, 0.1) is 0 Å². The van der Waals surface area contributed by atoms with Crippen molar-refractivity contribution in [3.8, 4) is 0 Å². The van der Waals surface area contributed by atoms with Gasteiger partial charge in [0.1, 0.15) is 0 Å². The largest absolute Gasteiger partial charge is 0.469 e. The van der Waals surface area contributed by atoms with Gasteiger partial charge in [-0.15, -0.1) is 0 Å². The highest BCUT2D eigenvalue weighted by Gasteiger charge is 2.16. The third-order valence-electron chi connectivity index (χ3n) is 4.16. The molecule has 2 amide bonds. The number of amides is 2. The lowest BCUT2D eigenvalue weighted by molar-refractivity contribution is -0.141. The number of anilines is 1. The first-order valence-corrected chi connectivity index (χ1v) is 8.36. The molecule has 1 fully saturated rings. The summed E-state index contributed by atoms with van der Waals surface area (Å²) in [5, 5.41) is 5.75. The Bertz CT molecular complexity index is 577. The Kier molecular flexibility index (Phi) is 6.78. The van der Waals surface area contributed by atoms with Crippen LogP contribution >= 0.6 is 0 Å². The first kappa shape index (κ1) is 18.0. The summed E-state index contributed by atoms with van der Waals surface area (Å²) in [5.74, 6) is -0.759. The van der Waals surface area contributed by atoms with Gasteiger partial charge in [0.25, 0.3) is 5.91 Å². The molecule has 1 aliphatic rings. The predicted molar refractivity (Wildman–Crippen MR) is 90.7 cm³/mol. The molecule has 0 spiro atoms. The summed E-state index contributed by atoms with van der Waals surface area (Å²) >= 11 is 0. The highest BCUT2D eigenvalue weighted by molar-refractivity contribution is 5.96. The van der Waals surface area contributed by atoms with Crippen LogP contribution in [0.15, 0.2) is 24.3 Å². The van der Waals surface area contributed by atoms with Crippen LogP contribution in [0.2, 0.25) is 0 Å². The number of carbonyl (C=O) groups is 3. The minimum Gasteiger partial charge on any atom is -0.469 e. The lowest BCUT2D eigenvalue weighted by Gasteiger charge is -2.22. The minimum absolute atomic E-state index is 0.0458. The van der Waals surface area contributed by atoms with Crippen LogP contribution in [-0.4, -0.2) is 30.9 Å². The molecule has 0 aliphatic heterocycles. The first-order chi connectivity index (χ1) is 11.6. The van der Waals surface area contributed by atoms with E-state index in [4.69, 9.17) is 0 Å². The van der Waals surface area contributed by atoms with Crippen molar-refractivity contribution in [3.63, 3.8) is 0 Å². The van der Waals surface area contributed by atoms with E-state index in [1.54, 1.807) is 24.3 Å². The van der Waals surface area contributed by atoms with Crippen molar-refractivity contribution in [3.05, 3.63) is 29.8 Å². The van der Waals surface area contributed by atoms with Crippen molar-refractivity contribution < 1.29 is 19.1 Å². The van der Waals surface area contributed by atoms with Crippen molar-refractivity contribution in [2.75, 3.05) is 12.4 Å². The summed E-state index contributed by atoms with van der Waals surface area (Å²) in [6, 6.07) is 7.02. The molecule has 1 saturated carbocycles. The Balaban J connectivity index is 1.82. The van der Waals surface area contributed by atoms with E-state index in [1.165, 1.54) is 26.4 Å². The van der Waals surface area contributed by atoms with Crippen LogP contribution in [0.4, 0.5) is 5.69 Å². The molecule has 0 saturated heterocycles. The molecule has 0 aromatic heterocycles. The van der Waals surface area contributed by atoms with Gasteiger partial charge in [-0.25, -0.2) is 0 Å². The highest BCUT2D eigenvalue weighted by atomic mass is 16.5. The van der Waals surface area contributed by atoms with E-state index in [9.17, 15) is 14.4 Å². The lowest BCUT2D eigenvalue weighted by atomic mass is 9.95. The molecule has 1 aliphatic carbocycles. The Morgan fingerprint density at radius 2 is 1.71 bits per heavy atom. The van der Waals surface area contributed by atoms with Gasteiger partial charge in [-0.3, -0.25) is 14.4 Å². The second-order valence-corrected chi connectivity index (χ2v) is 6.01. The molecule has 0 atom stereocenters. The number of esters is 1. The number of hydrogen-bond acceptors (Lipinski definition) is 4. The predicted octanol–water partition coefficient (Wildman–Crippen LogP) is 2.64. The number of benzene rings is 1. The monoisotopic (exact) mass is 332 g/mol. The first-order valence-electron chi connectivity index (χ1n) is 8.36. The molecule has 1 aromatic carbocycles. The minimum atomic E-state index is -0.417. The van der Waals surface area contributed by atoms with E-state index in [2.05, 4.69) is 15.4 Å². The number of methoxy groups -OCH3 is 1. The Labute approximate surface area is 142 Å². The molecule has 1 aromatic rings. The van der Waals surface area contributed by atoms with Gasteiger partial charge in [-0.2, -0.15) is 0 Å². The van der Waals surface area contributed by atoms with Gasteiger partial charge < -0.3 is 15.4 Å². The van der Waals surface area contributed by atoms with Crippen LogP contribution in [0.5, 0.6) is 0 Å². The average Bonchev–Trinajstić information content (AvgIpc) is 2.61. The van der Waals surface area contributed by atoms with Crippen LogP contribution in [0.25, 0.3) is 0 Å². The number of carbonyl (C=O) groups excluding carboxylic acids is 3. The standard InChI is InChI=1S/C18H24N2O4/c1-24-17(22)12-11-16(21)19-15-9-7-13(8-10-15)18(23)20-14-5-3-2-4-6-14/h7-10,14H,2-6,11-12H2,1H3,(H,19,21)(H,20,23). The number of hydrogen-bond donors (Lipinski definition) is 2. The normalized spacial score (nSPS) is 14.7. The van der Waals surface area contributed by atoms with E-state index in [1.807, 2.05) is 0 Å². The van der Waals surface area contributed by atoms with Crippen LogP contribution in [0.3, 0.4) is 0 Å². The van der Waals surface area contributed by atoms with Gasteiger partial charge in [0.15, 0.2) is 0 Å². The Hall–Kier alpha value is -2.37. The molecule has 130 valence electrons. The maximum Gasteiger partial charge on any atom is 0.306 e. The fourth-order valence-corrected chi connectivity index (χ4v) is 2.76. The van der Waals surface area contributed by atoms with Crippen LogP contribution in [0.1, 0.15) is 55.3 Å². The van der Waals surface area contributed by atoms with Crippen molar-refractivity contribution in [2.24, 2.45) is 0 Å². The topological polar surface area (TPSA) is 84.5 Å². The van der Waals surface area contributed by atoms with Gasteiger partial charge in [-0.05, 0) is 37.1 Å². The molecule has 24 heavy (non-hydrogen) atoms. The molecule has 0 unspecified atom stereocenters. The molecular formula is C18H24N2O4. The van der Waals surface area contributed by atoms with Gasteiger partial charge >= 0.3 is 5.97 Å². The van der Waals surface area contributed by atoms with E-state index in [0.29, 0.717) is 11.3 Å². The number of ether oxygens (including phenoxy) is 1. The summed E-state index contributed by atoms with van der Waals surface area (Å²) < 4.78 is 4.49. The number of nitrogens with one attached hydrogen (secondary N) is 2. The summed E-state index contributed by atoms with van der Waals surface area (Å²) in [5.41, 5.74) is 1.17. The number of rotatable bonds is 6. The zero-order valence-corrected chi connectivity index (χ0v) is 14.0. The van der Waals surface area contributed by atoms with Gasteiger partial charge in [0, 0.05) is 23.7 Å². The summed E-state index contributed by atoms with van der Waals surface area (Å²) in [6.07, 6.45) is 5.78. The van der Waals surface area contributed by atoms with Crippen molar-refractivity contribution in [1.82, 2.24) is 5.32 Å². The smallest absolute Gasteiger partial charge is 0.306 e. The maximum absolute atomic E-state index is 12.2. The quantitative estimate of drug-likeness (QED) is 0.784. The van der Waals surface area contributed by atoms with Gasteiger partial charge in [0.05, 0.1) is 13.5 Å². The molecule has 6 nitrogen and oxygen atoms in total. The molecule has 0 heterocycles. The second kappa shape index (κ2) is 9.05. The molecule has 2 rings (SSSR count). The van der Waals surface area contributed by atoms with E-state index < -0.39 is 5.97 Å². The Morgan fingerprint density at radius 3 is 2.33 bits per heavy atom. The summed E-state index contributed by atoms with van der Waals surface area (Å²) in [6.45, 7) is 0. The van der Waals surface area contributed by atoms with Crippen LogP contribution in [-0.2, 0) is 14.3 Å². The third-order valence-corrected chi connectivity index (χ3v) is 4.16. The van der Waals surface area contributed by atoms with Crippen molar-refractivity contribution in [1.29, 1.82) is 0 Å². The van der Waals surface area contributed by atoms with E-state index >= 15 is 0 Å². The highest BCUT2D eigenvalue weighted by Crippen LogP contribution is 2.18. The Morgan fingerprint density at radius 1 is 1.04 bits per heavy atom. The fourth-order valence-electron chi connectivity index (χ4n) is 2.76. The summed E-state index contributed by atoms with van der Waals surface area (Å²) in [7, 11) is 1.29. The molecule has 0 radical (unpaired) electrons. The van der Waals surface area contributed by atoms with E-state index in [-0.39, 0.29) is 30.7 Å². The van der Waals surface area contributed by atoms with Crippen LogP contribution < -0.4 is 10.6 Å². The van der Waals surface area contributed by atoms with Crippen molar-refractivity contribution in [2.45, 2.75) is 51.0 Å². The van der Waals surface area contributed by atoms with Gasteiger partial charge in [0.2, 0.25) is 5.91 Å². The zero-order chi connectivity index (χ0) is 17.4. The fraction of sp³-hybridized carbons (Fsp3) is 0.500.